The standard InChI is InChI=1S/C26H29ClF3N3O/c1-5-7-17-8-6-9-20(15(17)2)21-12-18(13-24(31)34)25(32-4)33(16(3)26(28,29)30)23-11-10-19(27)14-22(21)23/h6,8-11,14,18,21H,3,5,7,12-13H2,1-2,4H3,(H2,31,34)/t18-,21?/m1/s1. The predicted molar refractivity (Wildman–Crippen MR) is 131 cm³/mol. The van der Waals surface area contributed by atoms with Gasteiger partial charge in [0.2, 0.25) is 5.91 Å². The number of rotatable bonds is 6. The molecule has 0 aliphatic carbocycles. The number of aryl methyl sites for hydroxylation is 1. The number of primary amides is 1. The van der Waals surface area contributed by atoms with E-state index in [0.29, 0.717) is 22.7 Å². The third-order valence-electron chi connectivity index (χ3n) is 6.38. The molecule has 2 N–H and O–H groups in total. The number of nitrogens with zero attached hydrogens (tertiary/aromatic N) is 2. The molecule has 1 heterocycles. The highest BCUT2D eigenvalue weighted by Gasteiger charge is 2.43. The summed E-state index contributed by atoms with van der Waals surface area (Å²) in [7, 11) is 1.42. The molecule has 182 valence electrons. The molecular formula is C26H29ClF3N3O. The first-order valence-electron chi connectivity index (χ1n) is 11.2. The summed E-state index contributed by atoms with van der Waals surface area (Å²) in [5.74, 6) is -1.47. The molecule has 1 aliphatic rings. The maximum absolute atomic E-state index is 13.9. The third-order valence-corrected chi connectivity index (χ3v) is 6.61. The fourth-order valence-electron chi connectivity index (χ4n) is 4.86. The summed E-state index contributed by atoms with van der Waals surface area (Å²) in [4.78, 5) is 17.2. The number of fused-ring (bicyclic) bond motifs is 1. The van der Waals surface area contributed by atoms with Crippen molar-refractivity contribution in [2.45, 2.75) is 51.6 Å². The van der Waals surface area contributed by atoms with Crippen molar-refractivity contribution in [1.82, 2.24) is 0 Å². The number of allylic oxidation sites excluding steroid dienone is 1. The first kappa shape index (κ1) is 25.8. The van der Waals surface area contributed by atoms with Crippen LogP contribution in [0, 0.1) is 12.8 Å². The number of alkyl halides is 3. The summed E-state index contributed by atoms with van der Waals surface area (Å²) < 4.78 is 41.8. The van der Waals surface area contributed by atoms with E-state index in [0.717, 1.165) is 28.9 Å². The first-order chi connectivity index (χ1) is 16.0. The van der Waals surface area contributed by atoms with E-state index in [1.165, 1.54) is 12.6 Å². The topological polar surface area (TPSA) is 58.7 Å². The molecule has 1 amide bonds. The number of amides is 1. The van der Waals surface area contributed by atoms with Gasteiger partial charge in [-0.3, -0.25) is 14.7 Å². The van der Waals surface area contributed by atoms with Gasteiger partial charge in [-0.2, -0.15) is 13.2 Å². The zero-order chi connectivity index (χ0) is 25.2. The number of carbonyl (C=O) groups excluding carboxylic acids is 1. The average molecular weight is 492 g/mol. The van der Waals surface area contributed by atoms with Crippen molar-refractivity contribution in [3.63, 3.8) is 0 Å². The first-order valence-corrected chi connectivity index (χ1v) is 11.6. The van der Waals surface area contributed by atoms with Gasteiger partial charge in [0.15, 0.2) is 0 Å². The quantitative estimate of drug-likeness (QED) is 0.498. The van der Waals surface area contributed by atoms with Gasteiger partial charge in [-0.25, -0.2) is 0 Å². The van der Waals surface area contributed by atoms with E-state index < -0.39 is 23.7 Å². The SMILES string of the molecule is C=C(N1C(=NC)[C@@H](CC(N)=O)CC(c2cccc(CCC)c2C)c2cc(Cl)ccc21)C(F)(F)F. The van der Waals surface area contributed by atoms with Crippen molar-refractivity contribution in [3.05, 3.63) is 76.0 Å². The van der Waals surface area contributed by atoms with Crippen LogP contribution in [0.25, 0.3) is 0 Å². The van der Waals surface area contributed by atoms with Crippen molar-refractivity contribution in [2.75, 3.05) is 11.9 Å². The lowest BCUT2D eigenvalue weighted by Gasteiger charge is -2.31. The predicted octanol–water partition coefficient (Wildman–Crippen LogP) is 6.54. The highest BCUT2D eigenvalue weighted by molar-refractivity contribution is 6.30. The summed E-state index contributed by atoms with van der Waals surface area (Å²) in [6, 6.07) is 10.8. The number of anilines is 1. The van der Waals surface area contributed by atoms with Gasteiger partial charge in [-0.1, -0.05) is 49.7 Å². The Labute approximate surface area is 203 Å². The molecule has 8 heteroatoms. The molecule has 1 aliphatic heterocycles. The van der Waals surface area contributed by atoms with E-state index >= 15 is 0 Å². The molecule has 2 aromatic rings. The molecule has 0 saturated heterocycles. The monoisotopic (exact) mass is 491 g/mol. The van der Waals surface area contributed by atoms with Gasteiger partial charge in [-0.15, -0.1) is 0 Å². The number of halogens is 4. The molecule has 0 saturated carbocycles. The van der Waals surface area contributed by atoms with Gasteiger partial charge in [-0.05, 0) is 60.2 Å². The van der Waals surface area contributed by atoms with E-state index in [2.05, 4.69) is 24.6 Å². The number of benzene rings is 2. The average Bonchev–Trinajstić information content (AvgIpc) is 2.88. The maximum atomic E-state index is 13.9. The highest BCUT2D eigenvalue weighted by Crippen LogP contribution is 2.47. The van der Waals surface area contributed by atoms with Crippen LogP contribution in [-0.4, -0.2) is 25.0 Å². The Bertz CT molecular complexity index is 1130. The van der Waals surface area contributed by atoms with Gasteiger partial charge in [0.25, 0.3) is 0 Å². The second-order valence-electron chi connectivity index (χ2n) is 8.60. The lowest BCUT2D eigenvalue weighted by atomic mass is 9.80. The van der Waals surface area contributed by atoms with Crippen LogP contribution in [0.15, 0.2) is 53.7 Å². The van der Waals surface area contributed by atoms with E-state index in [-0.39, 0.29) is 18.2 Å². The molecular weight excluding hydrogens is 463 g/mol. The van der Waals surface area contributed by atoms with Crippen LogP contribution < -0.4 is 10.6 Å². The number of hydrogen-bond acceptors (Lipinski definition) is 2. The second-order valence-corrected chi connectivity index (χ2v) is 9.04. The van der Waals surface area contributed by atoms with E-state index in [4.69, 9.17) is 17.3 Å². The zero-order valence-electron chi connectivity index (χ0n) is 19.5. The maximum Gasteiger partial charge on any atom is 0.431 e. The molecule has 2 atom stereocenters. The largest absolute Gasteiger partial charge is 0.431 e. The molecule has 3 rings (SSSR count). The third kappa shape index (κ3) is 5.14. The van der Waals surface area contributed by atoms with Crippen LogP contribution in [-0.2, 0) is 11.2 Å². The summed E-state index contributed by atoms with van der Waals surface area (Å²) in [6.45, 7) is 7.47. The molecule has 1 unspecified atom stereocenters. The number of carbonyl (C=O) groups is 1. The Morgan fingerprint density at radius 3 is 2.56 bits per heavy atom. The molecule has 0 bridgehead atoms. The van der Waals surface area contributed by atoms with Crippen LogP contribution >= 0.6 is 11.6 Å². The Kier molecular flexibility index (Phi) is 7.76. The van der Waals surface area contributed by atoms with Gasteiger partial charge in [0, 0.05) is 30.3 Å². The molecule has 0 fully saturated rings. The van der Waals surface area contributed by atoms with Crippen molar-refractivity contribution in [3.8, 4) is 0 Å². The van der Waals surface area contributed by atoms with Gasteiger partial charge >= 0.3 is 6.18 Å². The Morgan fingerprint density at radius 2 is 1.97 bits per heavy atom. The van der Waals surface area contributed by atoms with Crippen LogP contribution in [0.3, 0.4) is 0 Å². The molecule has 0 aromatic heterocycles. The minimum absolute atomic E-state index is 0.106. The molecule has 2 aromatic carbocycles. The van der Waals surface area contributed by atoms with Crippen LogP contribution in [0.5, 0.6) is 0 Å². The van der Waals surface area contributed by atoms with Crippen molar-refractivity contribution in [2.24, 2.45) is 16.6 Å². The van der Waals surface area contributed by atoms with Gasteiger partial charge < -0.3 is 5.73 Å². The van der Waals surface area contributed by atoms with Crippen molar-refractivity contribution < 1.29 is 18.0 Å². The van der Waals surface area contributed by atoms with E-state index in [1.54, 1.807) is 18.2 Å². The Hall–Kier alpha value is -2.80. The highest BCUT2D eigenvalue weighted by atomic mass is 35.5. The number of hydrogen-bond donors (Lipinski definition) is 1. The van der Waals surface area contributed by atoms with Crippen LogP contribution in [0.4, 0.5) is 18.9 Å². The summed E-state index contributed by atoms with van der Waals surface area (Å²) in [5.41, 5.74) is 8.62. The normalized spacial score (nSPS) is 19.6. The van der Waals surface area contributed by atoms with Crippen molar-refractivity contribution in [1.29, 1.82) is 0 Å². The van der Waals surface area contributed by atoms with Crippen molar-refractivity contribution >= 4 is 29.0 Å². The lowest BCUT2D eigenvalue weighted by molar-refractivity contribution is -0.118. The molecule has 0 spiro atoms. The lowest BCUT2D eigenvalue weighted by Crippen LogP contribution is -2.40. The molecule has 0 radical (unpaired) electrons. The smallest absolute Gasteiger partial charge is 0.370 e. The van der Waals surface area contributed by atoms with E-state index in [1.807, 2.05) is 19.1 Å². The minimum atomic E-state index is -4.71. The van der Waals surface area contributed by atoms with E-state index in [9.17, 15) is 18.0 Å². The summed E-state index contributed by atoms with van der Waals surface area (Å²) in [5, 5.41) is 0.409. The fraction of sp³-hybridized carbons (Fsp3) is 0.385. The van der Waals surface area contributed by atoms with Gasteiger partial charge in [0.1, 0.15) is 11.5 Å². The fourth-order valence-corrected chi connectivity index (χ4v) is 5.04. The Balaban J connectivity index is 2.33. The Morgan fingerprint density at radius 1 is 1.26 bits per heavy atom. The summed E-state index contributed by atoms with van der Waals surface area (Å²) in [6.07, 6.45) is -2.64. The number of nitrogens with two attached hydrogens (primary N) is 1. The molecule has 34 heavy (non-hydrogen) atoms. The van der Waals surface area contributed by atoms with Gasteiger partial charge in [0.05, 0.1) is 5.69 Å². The zero-order valence-corrected chi connectivity index (χ0v) is 20.3. The second kappa shape index (κ2) is 10.2. The number of aliphatic imine (C=N–C) groups is 1. The van der Waals surface area contributed by atoms with Crippen LogP contribution in [0.2, 0.25) is 5.02 Å². The molecule has 4 nitrogen and oxygen atoms in total. The number of amidine groups is 1. The summed E-state index contributed by atoms with van der Waals surface area (Å²) >= 11 is 6.34. The van der Waals surface area contributed by atoms with Crippen LogP contribution in [0.1, 0.15) is 54.4 Å². The minimum Gasteiger partial charge on any atom is -0.370 e.